The highest BCUT2D eigenvalue weighted by Crippen LogP contribution is 2.51. The number of aliphatic carboxylic acids is 1. The summed E-state index contributed by atoms with van der Waals surface area (Å²) in [5.41, 5.74) is 3.42. The number of carboxylic acids is 1. The Morgan fingerprint density at radius 2 is 1.64 bits per heavy atom. The van der Waals surface area contributed by atoms with Gasteiger partial charge in [-0.15, -0.1) is 0 Å². The number of nitrogens with zero attached hydrogens (tertiary/aromatic N) is 3. The van der Waals surface area contributed by atoms with Crippen LogP contribution in [0.3, 0.4) is 0 Å². The maximum Gasteiger partial charge on any atom is 0.490 e. The number of hydrogen-bond acceptors (Lipinski definition) is 5. The van der Waals surface area contributed by atoms with E-state index >= 15 is 0 Å². The molecule has 1 N–H and O–H groups in total. The van der Waals surface area contributed by atoms with Crippen molar-refractivity contribution in [1.29, 1.82) is 0 Å². The highest BCUT2D eigenvalue weighted by Gasteiger charge is 2.49. The number of halogens is 3. The van der Waals surface area contributed by atoms with Crippen LogP contribution in [0.25, 0.3) is 0 Å². The Kier molecular flexibility index (Phi) is 6.66. The third-order valence-electron chi connectivity index (χ3n) is 6.34. The van der Waals surface area contributed by atoms with Gasteiger partial charge in [0, 0.05) is 50.3 Å². The molecule has 0 unspecified atom stereocenters. The Labute approximate surface area is 188 Å². The van der Waals surface area contributed by atoms with Gasteiger partial charge in [-0.3, -0.25) is 14.7 Å². The van der Waals surface area contributed by atoms with E-state index in [4.69, 9.17) is 14.6 Å². The number of carboxylic acid groups (broad SMARTS) is 1. The van der Waals surface area contributed by atoms with Crippen molar-refractivity contribution in [2.75, 3.05) is 39.4 Å². The predicted molar refractivity (Wildman–Crippen MR) is 112 cm³/mol. The van der Waals surface area contributed by atoms with Crippen LogP contribution in [0, 0.1) is 5.92 Å². The number of aromatic nitrogens is 1. The second kappa shape index (κ2) is 9.48. The Morgan fingerprint density at radius 1 is 1.00 bits per heavy atom. The lowest BCUT2D eigenvalue weighted by atomic mass is 9.93. The Hall–Kier alpha value is -2.98. The molecule has 2 saturated heterocycles. The molecule has 1 amide bonds. The van der Waals surface area contributed by atoms with Gasteiger partial charge in [-0.25, -0.2) is 4.79 Å². The molecule has 0 spiro atoms. The Bertz CT molecular complexity index is 996. The summed E-state index contributed by atoms with van der Waals surface area (Å²) in [4.78, 5) is 30.6. The fourth-order valence-electron chi connectivity index (χ4n) is 4.97. The largest absolute Gasteiger partial charge is 0.490 e. The smallest absolute Gasteiger partial charge is 0.475 e. The molecule has 5 rings (SSSR count). The van der Waals surface area contributed by atoms with Crippen LogP contribution >= 0.6 is 0 Å². The van der Waals surface area contributed by atoms with Crippen molar-refractivity contribution >= 4 is 11.9 Å². The number of morpholine rings is 1. The van der Waals surface area contributed by atoms with Gasteiger partial charge in [0.2, 0.25) is 0 Å². The molecule has 1 aliphatic carbocycles. The first-order valence-corrected chi connectivity index (χ1v) is 10.7. The van der Waals surface area contributed by atoms with E-state index in [2.05, 4.69) is 34.1 Å². The van der Waals surface area contributed by atoms with Gasteiger partial charge in [0.05, 0.1) is 13.2 Å². The second-order valence-electron chi connectivity index (χ2n) is 8.22. The lowest BCUT2D eigenvalue weighted by Crippen LogP contribution is -2.42. The molecule has 3 atom stereocenters. The summed E-state index contributed by atoms with van der Waals surface area (Å²) < 4.78 is 37.3. The summed E-state index contributed by atoms with van der Waals surface area (Å²) in [6, 6.07) is 14.7. The average Bonchev–Trinajstić information content (AvgIpc) is 3.37. The minimum atomic E-state index is -5.08. The molecule has 2 aromatic rings. The van der Waals surface area contributed by atoms with Crippen molar-refractivity contribution in [3.05, 3.63) is 65.5 Å². The van der Waals surface area contributed by atoms with Crippen LogP contribution in [0.4, 0.5) is 13.2 Å². The van der Waals surface area contributed by atoms with Crippen molar-refractivity contribution in [3.8, 4) is 0 Å². The number of fused-ring (bicyclic) bond motifs is 3. The van der Waals surface area contributed by atoms with Crippen molar-refractivity contribution < 1.29 is 32.6 Å². The van der Waals surface area contributed by atoms with Gasteiger partial charge in [0.15, 0.2) is 0 Å². The zero-order valence-electron chi connectivity index (χ0n) is 17.7. The number of benzene rings is 1. The van der Waals surface area contributed by atoms with Gasteiger partial charge in [-0.1, -0.05) is 30.3 Å². The SMILES string of the molecule is O=C(O)C(F)(F)F.O=C(c1ccccn1)N1C[C@H]2[C@@H](C1)c1ccccc1[C@@H]2N1CCOCC1. The van der Waals surface area contributed by atoms with E-state index in [0.717, 1.165) is 39.4 Å². The van der Waals surface area contributed by atoms with Crippen LogP contribution in [0.15, 0.2) is 48.7 Å². The minimum Gasteiger partial charge on any atom is -0.475 e. The molecule has 3 aliphatic rings. The molecule has 33 heavy (non-hydrogen) atoms. The van der Waals surface area contributed by atoms with Gasteiger partial charge in [0.1, 0.15) is 5.69 Å². The predicted octanol–water partition coefficient (Wildman–Crippen LogP) is 2.96. The summed E-state index contributed by atoms with van der Waals surface area (Å²) in [6.07, 6.45) is -3.39. The van der Waals surface area contributed by atoms with Crippen molar-refractivity contribution in [2.24, 2.45) is 5.92 Å². The van der Waals surface area contributed by atoms with Gasteiger partial charge in [-0.2, -0.15) is 13.2 Å². The molecular weight excluding hydrogens is 439 g/mol. The molecule has 0 bridgehead atoms. The molecule has 1 aromatic carbocycles. The van der Waals surface area contributed by atoms with E-state index in [0.29, 0.717) is 23.6 Å². The molecule has 1 aromatic heterocycles. The van der Waals surface area contributed by atoms with Gasteiger partial charge in [0.25, 0.3) is 5.91 Å². The van der Waals surface area contributed by atoms with Crippen LogP contribution in [0.5, 0.6) is 0 Å². The molecular formula is C23H24F3N3O4. The first-order valence-electron chi connectivity index (χ1n) is 10.7. The summed E-state index contributed by atoms with van der Waals surface area (Å²) in [5.74, 6) is -1.82. The molecule has 10 heteroatoms. The summed E-state index contributed by atoms with van der Waals surface area (Å²) in [5, 5.41) is 7.12. The fourth-order valence-corrected chi connectivity index (χ4v) is 4.97. The number of ether oxygens (including phenoxy) is 1. The lowest BCUT2D eigenvalue weighted by molar-refractivity contribution is -0.192. The van der Waals surface area contributed by atoms with Crippen LogP contribution in [0.2, 0.25) is 0 Å². The highest BCUT2D eigenvalue weighted by molar-refractivity contribution is 5.92. The topological polar surface area (TPSA) is 83.0 Å². The highest BCUT2D eigenvalue weighted by atomic mass is 19.4. The van der Waals surface area contributed by atoms with Crippen molar-refractivity contribution in [2.45, 2.75) is 18.1 Å². The third-order valence-corrected chi connectivity index (χ3v) is 6.34. The third kappa shape index (κ3) is 4.86. The molecule has 2 aliphatic heterocycles. The van der Waals surface area contributed by atoms with E-state index < -0.39 is 12.1 Å². The number of rotatable bonds is 2. The van der Waals surface area contributed by atoms with E-state index in [1.807, 2.05) is 23.1 Å². The number of carbonyl (C=O) groups is 2. The fraction of sp³-hybridized carbons (Fsp3) is 0.435. The van der Waals surface area contributed by atoms with Gasteiger partial charge >= 0.3 is 12.1 Å². The van der Waals surface area contributed by atoms with Crippen molar-refractivity contribution in [3.63, 3.8) is 0 Å². The molecule has 3 heterocycles. The average molecular weight is 463 g/mol. The first kappa shape index (κ1) is 23.2. The van der Waals surface area contributed by atoms with Crippen LogP contribution in [-0.4, -0.2) is 77.3 Å². The van der Waals surface area contributed by atoms with Gasteiger partial charge < -0.3 is 14.7 Å². The Balaban J connectivity index is 0.000000325. The second-order valence-corrected chi connectivity index (χ2v) is 8.22. The monoisotopic (exact) mass is 463 g/mol. The lowest BCUT2D eigenvalue weighted by Gasteiger charge is -2.36. The number of amides is 1. The zero-order chi connectivity index (χ0) is 23.6. The van der Waals surface area contributed by atoms with Crippen LogP contribution in [0.1, 0.15) is 33.6 Å². The quantitative estimate of drug-likeness (QED) is 0.738. The van der Waals surface area contributed by atoms with Crippen LogP contribution < -0.4 is 0 Å². The van der Waals surface area contributed by atoms with Crippen molar-refractivity contribution in [1.82, 2.24) is 14.8 Å². The number of hydrogen-bond donors (Lipinski definition) is 1. The zero-order valence-corrected chi connectivity index (χ0v) is 17.7. The Morgan fingerprint density at radius 3 is 2.24 bits per heavy atom. The van der Waals surface area contributed by atoms with E-state index in [1.54, 1.807) is 6.20 Å². The molecule has 0 radical (unpaired) electrons. The molecule has 176 valence electrons. The van der Waals surface area contributed by atoms with E-state index in [1.165, 1.54) is 11.1 Å². The molecule has 0 saturated carbocycles. The number of likely N-dealkylation sites (tertiary alicyclic amines) is 1. The summed E-state index contributed by atoms with van der Waals surface area (Å²) in [6.45, 7) is 5.13. The minimum absolute atomic E-state index is 0.0539. The molecule has 7 nitrogen and oxygen atoms in total. The summed E-state index contributed by atoms with van der Waals surface area (Å²) in [7, 11) is 0. The maximum atomic E-state index is 12.9. The van der Waals surface area contributed by atoms with E-state index in [9.17, 15) is 18.0 Å². The maximum absolute atomic E-state index is 12.9. The van der Waals surface area contributed by atoms with Gasteiger partial charge in [-0.05, 0) is 23.3 Å². The standard InChI is InChI=1S/C21H23N3O2.C2HF3O2/c25-21(19-7-3-4-8-22-19)24-13-17-15-5-1-2-6-16(15)20(18(17)14-24)23-9-11-26-12-10-23;3-2(4,5)1(6)7/h1-8,17-18,20H,9-14H2;(H,6,7)/t17-,18-,20-;/m0./s1. The summed E-state index contributed by atoms with van der Waals surface area (Å²) >= 11 is 0. The van der Waals surface area contributed by atoms with Crippen LogP contribution in [-0.2, 0) is 9.53 Å². The number of pyridine rings is 1. The number of alkyl halides is 3. The van der Waals surface area contributed by atoms with E-state index in [-0.39, 0.29) is 5.91 Å². The normalized spacial score (nSPS) is 24.5. The molecule has 2 fully saturated rings. The number of carbonyl (C=O) groups excluding carboxylic acids is 1. The first-order chi connectivity index (χ1) is 15.8.